The molecule has 7 heteroatoms. The van der Waals surface area contributed by atoms with Crippen LogP contribution in [0.4, 0.5) is 5.82 Å². The lowest BCUT2D eigenvalue weighted by Crippen LogP contribution is -3.14. The minimum atomic E-state index is 0.716. The van der Waals surface area contributed by atoms with Crippen LogP contribution in [0.2, 0.25) is 5.02 Å². The molecule has 32 heavy (non-hydrogen) atoms. The van der Waals surface area contributed by atoms with Gasteiger partial charge in [0.1, 0.15) is 25.2 Å². The van der Waals surface area contributed by atoms with Crippen LogP contribution in [0.5, 0.6) is 0 Å². The van der Waals surface area contributed by atoms with Crippen LogP contribution >= 0.6 is 11.6 Å². The summed E-state index contributed by atoms with van der Waals surface area (Å²) in [5.74, 6) is 0.874. The van der Waals surface area contributed by atoms with E-state index >= 15 is 0 Å². The van der Waals surface area contributed by atoms with Crippen molar-refractivity contribution in [3.8, 4) is 16.8 Å². The van der Waals surface area contributed by atoms with Crippen LogP contribution in [-0.2, 0) is 4.74 Å². The molecule has 0 saturated carbocycles. The summed E-state index contributed by atoms with van der Waals surface area (Å²) in [6.45, 7) is 5.94. The van der Waals surface area contributed by atoms with Gasteiger partial charge in [0.15, 0.2) is 5.65 Å². The maximum absolute atomic E-state index is 6.12. The Morgan fingerprint density at radius 1 is 1.00 bits per heavy atom. The molecule has 5 rings (SSSR count). The van der Waals surface area contributed by atoms with Crippen LogP contribution in [0, 0.1) is 0 Å². The molecule has 0 atom stereocenters. The SMILES string of the molecule is Clc1ccc(-n2cc(-c3ccccc3)c3c(NCCC[NH+]4CCOCC4)ncnc32)cc1. The first-order valence-electron chi connectivity index (χ1n) is 11.1. The van der Waals surface area contributed by atoms with Gasteiger partial charge in [-0.2, -0.15) is 0 Å². The number of hydrogen-bond acceptors (Lipinski definition) is 4. The lowest BCUT2D eigenvalue weighted by molar-refractivity contribution is -0.908. The molecule has 6 nitrogen and oxygen atoms in total. The third-order valence-electron chi connectivity index (χ3n) is 5.97. The van der Waals surface area contributed by atoms with Crippen molar-refractivity contribution in [1.82, 2.24) is 14.5 Å². The lowest BCUT2D eigenvalue weighted by Gasteiger charge is -2.23. The van der Waals surface area contributed by atoms with E-state index in [1.54, 1.807) is 11.2 Å². The zero-order chi connectivity index (χ0) is 21.8. The second kappa shape index (κ2) is 9.69. The Labute approximate surface area is 192 Å². The van der Waals surface area contributed by atoms with Crippen molar-refractivity contribution in [3.05, 3.63) is 72.1 Å². The van der Waals surface area contributed by atoms with Crippen LogP contribution in [0.15, 0.2) is 67.1 Å². The standard InChI is InChI=1S/C25H26ClN5O/c26-20-7-9-21(10-8-20)31-17-22(19-5-2-1-3-6-19)23-24(28-18-29-25(23)31)27-11-4-12-30-13-15-32-16-14-30/h1-3,5-10,17-18H,4,11-16H2,(H,27,28,29)/p+1. The van der Waals surface area contributed by atoms with Crippen molar-refractivity contribution < 1.29 is 9.64 Å². The van der Waals surface area contributed by atoms with Gasteiger partial charge in [-0.3, -0.25) is 0 Å². The minimum absolute atomic E-state index is 0.716. The van der Waals surface area contributed by atoms with Gasteiger partial charge in [0, 0.05) is 35.4 Å². The average molecular weight is 449 g/mol. The summed E-state index contributed by atoms with van der Waals surface area (Å²) in [7, 11) is 0. The van der Waals surface area contributed by atoms with E-state index in [0.29, 0.717) is 5.02 Å². The van der Waals surface area contributed by atoms with Gasteiger partial charge in [-0.25, -0.2) is 9.97 Å². The first-order chi connectivity index (χ1) is 15.8. The van der Waals surface area contributed by atoms with Crippen LogP contribution in [-0.4, -0.2) is 53.9 Å². The molecule has 0 amide bonds. The fourth-order valence-electron chi connectivity index (χ4n) is 4.29. The van der Waals surface area contributed by atoms with Gasteiger partial charge >= 0.3 is 0 Å². The number of aromatic nitrogens is 3. The lowest BCUT2D eigenvalue weighted by atomic mass is 10.1. The Balaban J connectivity index is 1.47. The Morgan fingerprint density at radius 2 is 1.78 bits per heavy atom. The molecule has 1 aliphatic rings. The topological polar surface area (TPSA) is 56.4 Å². The number of anilines is 1. The molecule has 3 heterocycles. The Bertz CT molecular complexity index is 1170. The third-order valence-corrected chi connectivity index (χ3v) is 6.22. The summed E-state index contributed by atoms with van der Waals surface area (Å²) in [6.07, 6.45) is 4.86. The molecule has 4 aromatic rings. The molecule has 2 N–H and O–H groups in total. The second-order valence-electron chi connectivity index (χ2n) is 8.07. The zero-order valence-corrected chi connectivity index (χ0v) is 18.7. The number of ether oxygens (including phenoxy) is 1. The Hall–Kier alpha value is -2.93. The molecular formula is C25H27ClN5O+. The highest BCUT2D eigenvalue weighted by atomic mass is 35.5. The van der Waals surface area contributed by atoms with Gasteiger partial charge in [0.05, 0.1) is 25.1 Å². The molecule has 2 aromatic carbocycles. The summed E-state index contributed by atoms with van der Waals surface area (Å²) in [4.78, 5) is 10.9. The van der Waals surface area contributed by atoms with Crippen molar-refractivity contribution in [2.75, 3.05) is 44.7 Å². The highest BCUT2D eigenvalue weighted by Gasteiger charge is 2.18. The highest BCUT2D eigenvalue weighted by Crippen LogP contribution is 2.35. The fraction of sp³-hybridized carbons (Fsp3) is 0.280. The van der Waals surface area contributed by atoms with E-state index in [1.165, 1.54) is 0 Å². The van der Waals surface area contributed by atoms with Crippen molar-refractivity contribution in [2.24, 2.45) is 0 Å². The number of nitrogens with one attached hydrogen (secondary N) is 2. The summed E-state index contributed by atoms with van der Waals surface area (Å²) < 4.78 is 7.57. The molecule has 1 fully saturated rings. The quantitative estimate of drug-likeness (QED) is 0.425. The van der Waals surface area contributed by atoms with Gasteiger partial charge in [0.2, 0.25) is 0 Å². The van der Waals surface area contributed by atoms with Crippen LogP contribution in [0.25, 0.3) is 27.8 Å². The average Bonchev–Trinajstić information content (AvgIpc) is 3.24. The molecule has 2 aromatic heterocycles. The predicted molar refractivity (Wildman–Crippen MR) is 129 cm³/mol. The number of nitrogens with zero attached hydrogens (tertiary/aromatic N) is 3. The first kappa shape index (κ1) is 20.9. The smallest absolute Gasteiger partial charge is 0.150 e. The summed E-state index contributed by atoms with van der Waals surface area (Å²) in [6, 6.07) is 18.2. The van der Waals surface area contributed by atoms with E-state index in [0.717, 1.165) is 79.5 Å². The van der Waals surface area contributed by atoms with Gasteiger partial charge in [-0.15, -0.1) is 0 Å². The van der Waals surface area contributed by atoms with E-state index in [4.69, 9.17) is 16.3 Å². The van der Waals surface area contributed by atoms with Crippen molar-refractivity contribution >= 4 is 28.5 Å². The number of quaternary nitrogens is 1. The maximum atomic E-state index is 6.12. The molecule has 0 bridgehead atoms. The third kappa shape index (κ3) is 4.48. The number of fused-ring (bicyclic) bond motifs is 1. The molecule has 1 aliphatic heterocycles. The van der Waals surface area contributed by atoms with Crippen LogP contribution in [0.1, 0.15) is 6.42 Å². The number of morpholine rings is 1. The van der Waals surface area contributed by atoms with Crippen LogP contribution < -0.4 is 10.2 Å². The van der Waals surface area contributed by atoms with Gasteiger partial charge in [0.25, 0.3) is 0 Å². The highest BCUT2D eigenvalue weighted by molar-refractivity contribution is 6.30. The van der Waals surface area contributed by atoms with E-state index < -0.39 is 0 Å². The Kier molecular flexibility index (Phi) is 6.34. The molecule has 0 spiro atoms. The minimum Gasteiger partial charge on any atom is -0.370 e. The molecule has 164 valence electrons. The summed E-state index contributed by atoms with van der Waals surface area (Å²) in [5.41, 5.74) is 4.14. The number of halogens is 1. The number of hydrogen-bond donors (Lipinski definition) is 2. The molecule has 0 radical (unpaired) electrons. The van der Waals surface area contributed by atoms with Gasteiger partial charge in [-0.1, -0.05) is 41.9 Å². The molecule has 0 unspecified atom stereocenters. The zero-order valence-electron chi connectivity index (χ0n) is 17.9. The van der Waals surface area contributed by atoms with E-state index in [9.17, 15) is 0 Å². The second-order valence-corrected chi connectivity index (χ2v) is 8.51. The predicted octanol–water partition coefficient (Wildman–Crippen LogP) is 3.46. The van der Waals surface area contributed by atoms with Gasteiger partial charge in [-0.05, 0) is 29.8 Å². The number of rotatable bonds is 7. The maximum Gasteiger partial charge on any atom is 0.150 e. The monoisotopic (exact) mass is 448 g/mol. The van der Waals surface area contributed by atoms with Crippen LogP contribution in [0.3, 0.4) is 0 Å². The molecule has 1 saturated heterocycles. The van der Waals surface area contributed by atoms with E-state index in [2.05, 4.69) is 50.3 Å². The summed E-state index contributed by atoms with van der Waals surface area (Å²) >= 11 is 6.12. The Morgan fingerprint density at radius 3 is 2.56 bits per heavy atom. The van der Waals surface area contributed by atoms with E-state index in [-0.39, 0.29) is 0 Å². The molecule has 0 aliphatic carbocycles. The van der Waals surface area contributed by atoms with Crippen molar-refractivity contribution in [3.63, 3.8) is 0 Å². The van der Waals surface area contributed by atoms with Crippen molar-refractivity contribution in [2.45, 2.75) is 6.42 Å². The number of benzene rings is 2. The normalized spacial score (nSPS) is 14.7. The largest absolute Gasteiger partial charge is 0.370 e. The van der Waals surface area contributed by atoms with Crippen molar-refractivity contribution in [1.29, 1.82) is 0 Å². The fourth-order valence-corrected chi connectivity index (χ4v) is 4.41. The first-order valence-corrected chi connectivity index (χ1v) is 11.5. The molecular weight excluding hydrogens is 422 g/mol. The van der Waals surface area contributed by atoms with Gasteiger partial charge < -0.3 is 19.5 Å². The summed E-state index contributed by atoms with van der Waals surface area (Å²) in [5, 5.41) is 5.33. The van der Waals surface area contributed by atoms with E-state index in [1.807, 2.05) is 30.3 Å².